The van der Waals surface area contributed by atoms with Crippen LogP contribution in [-0.4, -0.2) is 17.6 Å². The van der Waals surface area contributed by atoms with E-state index in [2.05, 4.69) is 12.1 Å². The van der Waals surface area contributed by atoms with Crippen molar-refractivity contribution in [2.45, 2.75) is 6.54 Å². The molecule has 0 N–H and O–H groups in total. The van der Waals surface area contributed by atoms with Gasteiger partial charge in [-0.25, -0.2) is 13.9 Å². The first-order chi connectivity index (χ1) is 8.20. The number of carbonyl (C=O) groups is 1. The molecule has 0 fully saturated rings. The number of imidazole rings is 1. The fourth-order valence-corrected chi connectivity index (χ4v) is 1.75. The molecule has 17 heavy (non-hydrogen) atoms. The minimum atomic E-state index is -0.320. The molecule has 0 unspecified atom stereocenters. The number of benzene rings is 1. The van der Waals surface area contributed by atoms with Crippen LogP contribution in [0.2, 0.25) is 0 Å². The second-order valence-corrected chi connectivity index (χ2v) is 3.89. The summed E-state index contributed by atoms with van der Waals surface area (Å²) in [5.41, 5.74) is 1.74. The lowest BCUT2D eigenvalue weighted by molar-refractivity contribution is -0.687. The molecule has 2 aromatic rings. The Morgan fingerprint density at radius 1 is 1.35 bits per heavy atom. The van der Waals surface area contributed by atoms with E-state index in [9.17, 15) is 4.79 Å². The van der Waals surface area contributed by atoms with E-state index < -0.39 is 0 Å². The molecule has 4 heteroatoms. The van der Waals surface area contributed by atoms with E-state index in [1.54, 1.807) is 10.8 Å². The normalized spacial score (nSPS) is 10.2. The summed E-state index contributed by atoms with van der Waals surface area (Å²) >= 11 is 0. The average Bonchev–Trinajstić information content (AvgIpc) is 2.70. The van der Waals surface area contributed by atoms with Crippen LogP contribution in [-0.2, 0) is 18.3 Å². The van der Waals surface area contributed by atoms with E-state index in [1.165, 1.54) is 12.7 Å². The maximum Gasteiger partial charge on any atom is 0.382 e. The van der Waals surface area contributed by atoms with E-state index in [1.807, 2.05) is 36.1 Å². The Kier molecular flexibility index (Phi) is 3.23. The predicted molar refractivity (Wildman–Crippen MR) is 62.5 cm³/mol. The van der Waals surface area contributed by atoms with E-state index in [0.717, 1.165) is 6.54 Å². The summed E-state index contributed by atoms with van der Waals surface area (Å²) in [4.78, 5) is 11.4. The molecular formula is C13H15N2O2+. The molecule has 0 aliphatic carbocycles. The van der Waals surface area contributed by atoms with Crippen LogP contribution in [0.1, 0.15) is 16.1 Å². The van der Waals surface area contributed by atoms with Crippen LogP contribution in [0.3, 0.4) is 0 Å². The number of rotatable bonds is 3. The first-order valence-corrected chi connectivity index (χ1v) is 5.38. The fraction of sp³-hybridized carbons (Fsp3) is 0.231. The summed E-state index contributed by atoms with van der Waals surface area (Å²) in [6, 6.07) is 10.1. The number of aryl methyl sites for hydroxylation is 1. The molecular weight excluding hydrogens is 216 g/mol. The largest absolute Gasteiger partial charge is 0.463 e. The molecule has 0 atom stereocenters. The molecule has 0 bridgehead atoms. The fourth-order valence-electron chi connectivity index (χ4n) is 1.75. The Bertz CT molecular complexity index is 517. The molecule has 1 aromatic carbocycles. The molecule has 0 saturated carbocycles. The molecule has 1 aromatic heterocycles. The first kappa shape index (κ1) is 11.4. The third-order valence-corrected chi connectivity index (χ3v) is 2.59. The molecule has 1 heterocycles. The van der Waals surface area contributed by atoms with Crippen LogP contribution < -0.4 is 4.57 Å². The third-order valence-electron chi connectivity index (χ3n) is 2.59. The van der Waals surface area contributed by atoms with Gasteiger partial charge in [-0.3, -0.25) is 0 Å². The first-order valence-electron chi connectivity index (χ1n) is 5.38. The lowest BCUT2D eigenvalue weighted by Crippen LogP contribution is -2.31. The molecule has 0 spiro atoms. The highest BCUT2D eigenvalue weighted by molar-refractivity contribution is 5.86. The lowest BCUT2D eigenvalue weighted by atomic mass is 10.2. The second kappa shape index (κ2) is 4.82. The van der Waals surface area contributed by atoms with Gasteiger partial charge in [-0.05, 0) is 5.56 Å². The molecule has 0 amide bonds. The number of nitrogens with zero attached hydrogens (tertiary/aromatic N) is 2. The van der Waals surface area contributed by atoms with Crippen LogP contribution in [0.25, 0.3) is 0 Å². The summed E-state index contributed by atoms with van der Waals surface area (Å²) in [7, 11) is 3.21. The molecule has 0 saturated heterocycles. The summed E-state index contributed by atoms with van der Waals surface area (Å²) in [6.45, 7) is 0.742. The molecule has 0 aliphatic rings. The van der Waals surface area contributed by atoms with Gasteiger partial charge in [0.25, 0.3) is 5.69 Å². The SMILES string of the molecule is COC(=O)c1c[n+](Cc2ccccc2)cn1C. The Labute approximate surface area is 100 Å². The van der Waals surface area contributed by atoms with Gasteiger partial charge in [-0.2, -0.15) is 0 Å². The topological polar surface area (TPSA) is 35.1 Å². The highest BCUT2D eigenvalue weighted by Gasteiger charge is 2.18. The Hall–Kier alpha value is -2.10. The highest BCUT2D eigenvalue weighted by Crippen LogP contribution is 2.01. The summed E-state index contributed by atoms with van der Waals surface area (Å²) < 4.78 is 8.43. The maximum atomic E-state index is 11.4. The Balaban J connectivity index is 2.21. The lowest BCUT2D eigenvalue weighted by Gasteiger charge is -1.95. The van der Waals surface area contributed by atoms with Gasteiger partial charge >= 0.3 is 5.97 Å². The summed E-state index contributed by atoms with van der Waals surface area (Å²) in [6.07, 6.45) is 3.66. The van der Waals surface area contributed by atoms with Crippen molar-refractivity contribution >= 4 is 5.97 Å². The summed E-state index contributed by atoms with van der Waals surface area (Å²) in [5.74, 6) is -0.320. The monoisotopic (exact) mass is 231 g/mol. The minimum absolute atomic E-state index is 0.320. The van der Waals surface area contributed by atoms with Gasteiger partial charge in [0.2, 0.25) is 6.33 Å². The smallest absolute Gasteiger partial charge is 0.382 e. The quantitative estimate of drug-likeness (QED) is 0.586. The van der Waals surface area contributed by atoms with Crippen molar-refractivity contribution in [3.8, 4) is 0 Å². The molecule has 4 nitrogen and oxygen atoms in total. The van der Waals surface area contributed by atoms with E-state index >= 15 is 0 Å². The number of carbonyl (C=O) groups excluding carboxylic acids is 1. The van der Waals surface area contributed by atoms with Gasteiger partial charge in [-0.1, -0.05) is 30.3 Å². The molecule has 88 valence electrons. The van der Waals surface area contributed by atoms with Gasteiger partial charge in [0.05, 0.1) is 14.2 Å². The van der Waals surface area contributed by atoms with Crippen LogP contribution in [0, 0.1) is 0 Å². The van der Waals surface area contributed by atoms with Crippen LogP contribution >= 0.6 is 0 Å². The molecule has 2 rings (SSSR count). The Morgan fingerprint density at radius 2 is 2.06 bits per heavy atom. The standard InChI is InChI=1S/C13H15N2O2/c1-14-10-15(9-12(14)13(16)17-2)8-11-6-4-3-5-7-11/h3-7,9-10H,8H2,1-2H3/q+1. The Morgan fingerprint density at radius 3 is 2.71 bits per heavy atom. The zero-order valence-corrected chi connectivity index (χ0v) is 9.96. The van der Waals surface area contributed by atoms with Gasteiger partial charge in [0.1, 0.15) is 12.7 Å². The van der Waals surface area contributed by atoms with Crippen molar-refractivity contribution in [2.75, 3.05) is 7.11 Å². The van der Waals surface area contributed by atoms with E-state index in [0.29, 0.717) is 5.69 Å². The molecule has 0 aliphatic heterocycles. The zero-order valence-electron chi connectivity index (χ0n) is 9.96. The van der Waals surface area contributed by atoms with Crippen LogP contribution in [0.4, 0.5) is 0 Å². The number of ether oxygens (including phenoxy) is 1. The van der Waals surface area contributed by atoms with Crippen molar-refractivity contribution in [2.24, 2.45) is 7.05 Å². The average molecular weight is 231 g/mol. The van der Waals surface area contributed by atoms with Gasteiger partial charge in [-0.15, -0.1) is 0 Å². The second-order valence-electron chi connectivity index (χ2n) is 3.89. The van der Waals surface area contributed by atoms with Crippen molar-refractivity contribution in [1.82, 2.24) is 4.57 Å². The maximum absolute atomic E-state index is 11.4. The number of methoxy groups -OCH3 is 1. The minimum Gasteiger partial charge on any atom is -0.463 e. The van der Waals surface area contributed by atoms with Crippen molar-refractivity contribution < 1.29 is 14.1 Å². The van der Waals surface area contributed by atoms with Crippen molar-refractivity contribution in [1.29, 1.82) is 0 Å². The highest BCUT2D eigenvalue weighted by atomic mass is 16.5. The molecule has 0 radical (unpaired) electrons. The number of hydrogen-bond donors (Lipinski definition) is 0. The van der Waals surface area contributed by atoms with Gasteiger partial charge in [0.15, 0.2) is 0 Å². The van der Waals surface area contributed by atoms with Crippen LogP contribution in [0.15, 0.2) is 42.9 Å². The van der Waals surface area contributed by atoms with Crippen LogP contribution in [0.5, 0.6) is 0 Å². The van der Waals surface area contributed by atoms with E-state index in [4.69, 9.17) is 4.74 Å². The number of hydrogen-bond acceptors (Lipinski definition) is 2. The van der Waals surface area contributed by atoms with Gasteiger partial charge in [0, 0.05) is 0 Å². The predicted octanol–water partition coefficient (Wildman–Crippen LogP) is 1.15. The van der Waals surface area contributed by atoms with Crippen molar-refractivity contribution in [3.63, 3.8) is 0 Å². The van der Waals surface area contributed by atoms with Gasteiger partial charge < -0.3 is 4.74 Å². The third kappa shape index (κ3) is 2.53. The number of aromatic nitrogens is 2. The van der Waals surface area contributed by atoms with E-state index in [-0.39, 0.29) is 5.97 Å². The summed E-state index contributed by atoms with van der Waals surface area (Å²) in [5, 5.41) is 0. The number of esters is 1. The zero-order chi connectivity index (χ0) is 12.3. The van der Waals surface area contributed by atoms with Crippen molar-refractivity contribution in [3.05, 3.63) is 54.1 Å².